The molecule has 0 bridgehead atoms. The van der Waals surface area contributed by atoms with E-state index >= 15 is 0 Å². The van der Waals surface area contributed by atoms with Gasteiger partial charge in [-0.05, 0) is 58.5 Å². The minimum atomic E-state index is 0.580. The third kappa shape index (κ3) is 3.97. The van der Waals surface area contributed by atoms with E-state index in [1.807, 2.05) is 71.4 Å². The van der Waals surface area contributed by atoms with Crippen LogP contribution in [-0.2, 0) is 0 Å². The Morgan fingerprint density at radius 3 is 2.39 bits per heavy atom. The van der Waals surface area contributed by atoms with Gasteiger partial charge in [0.1, 0.15) is 5.75 Å². The second-order valence-electron chi connectivity index (χ2n) is 5.94. The van der Waals surface area contributed by atoms with Crippen molar-refractivity contribution in [3.8, 4) is 22.0 Å². The second kappa shape index (κ2) is 8.19. The lowest BCUT2D eigenvalue weighted by atomic mass is 10.2. The molecule has 0 saturated heterocycles. The van der Waals surface area contributed by atoms with E-state index < -0.39 is 0 Å². The van der Waals surface area contributed by atoms with Crippen LogP contribution in [0.4, 0.5) is 10.8 Å². The Balaban J connectivity index is 1.77. The first kappa shape index (κ1) is 18.7. The lowest BCUT2D eigenvalue weighted by Crippen LogP contribution is -2.34. The molecule has 0 aliphatic carbocycles. The van der Waals surface area contributed by atoms with Crippen molar-refractivity contribution in [3.05, 3.63) is 82.8 Å². The molecule has 28 heavy (non-hydrogen) atoms. The zero-order valence-electron chi connectivity index (χ0n) is 14.9. The Labute approximate surface area is 176 Å². The van der Waals surface area contributed by atoms with Gasteiger partial charge in [0.2, 0.25) is 5.69 Å². The Hall–Kier alpha value is -2.60. The summed E-state index contributed by atoms with van der Waals surface area (Å²) < 4.78 is 7.09. The van der Waals surface area contributed by atoms with Gasteiger partial charge in [-0.2, -0.15) is 0 Å². The summed E-state index contributed by atoms with van der Waals surface area (Å²) in [5.41, 5.74) is 2.74. The van der Waals surface area contributed by atoms with E-state index in [0.717, 1.165) is 32.8 Å². The normalized spacial score (nSPS) is 10.7. The molecule has 1 heterocycles. The summed E-state index contributed by atoms with van der Waals surface area (Å²) >= 11 is 14.1. The topological polar surface area (TPSA) is 38.0 Å². The van der Waals surface area contributed by atoms with Crippen LogP contribution in [-0.4, -0.2) is 12.2 Å². The molecule has 0 aliphatic rings. The van der Waals surface area contributed by atoms with E-state index in [9.17, 15) is 0 Å². The molecule has 1 aromatic heterocycles. The van der Waals surface area contributed by atoms with Gasteiger partial charge in [0.05, 0.1) is 17.7 Å². The number of para-hydroxylation sites is 1. The summed E-state index contributed by atoms with van der Waals surface area (Å²) in [5, 5.41) is 10.9. The number of nitrogens with zero attached hydrogens (tertiary/aromatic N) is 2. The molecule has 0 atom stereocenters. The molecule has 0 spiro atoms. The third-order valence-corrected chi connectivity index (χ3v) is 5.59. The standard InChI is InChI=1S/C21H16Cl2N3OS/c1-27-17-10-8-15(9-11-17)24-21-25-26(16-5-3-2-4-6-16)20(28-21)18-12-7-14(22)13-19(18)23/h2-13H,1H3,(H,24,25)/q+1. The second-order valence-corrected chi connectivity index (χ2v) is 7.76. The van der Waals surface area contributed by atoms with Gasteiger partial charge in [-0.1, -0.05) is 41.4 Å². The summed E-state index contributed by atoms with van der Waals surface area (Å²) in [6.07, 6.45) is 0. The highest BCUT2D eigenvalue weighted by Gasteiger charge is 2.26. The number of hydrogen-bond acceptors (Lipinski definition) is 4. The first-order valence-electron chi connectivity index (χ1n) is 8.49. The van der Waals surface area contributed by atoms with Crippen LogP contribution in [0.3, 0.4) is 0 Å². The van der Waals surface area contributed by atoms with Crippen LogP contribution in [0.1, 0.15) is 0 Å². The maximum atomic E-state index is 6.47. The van der Waals surface area contributed by atoms with Crippen LogP contribution in [0.15, 0.2) is 72.8 Å². The molecule has 0 unspecified atom stereocenters. The van der Waals surface area contributed by atoms with Crippen LogP contribution < -0.4 is 14.7 Å². The van der Waals surface area contributed by atoms with Crippen LogP contribution in [0.2, 0.25) is 10.0 Å². The molecule has 4 rings (SSSR count). The Morgan fingerprint density at radius 2 is 1.71 bits per heavy atom. The summed E-state index contributed by atoms with van der Waals surface area (Å²) in [4.78, 5) is 0. The lowest BCUT2D eigenvalue weighted by molar-refractivity contribution is -0.642. The highest BCUT2D eigenvalue weighted by Crippen LogP contribution is 2.34. The van der Waals surface area contributed by atoms with Crippen molar-refractivity contribution in [2.45, 2.75) is 0 Å². The molecule has 0 aliphatic heterocycles. The monoisotopic (exact) mass is 428 g/mol. The van der Waals surface area contributed by atoms with Gasteiger partial charge in [-0.15, -0.1) is 0 Å². The van der Waals surface area contributed by atoms with Crippen molar-refractivity contribution in [3.63, 3.8) is 0 Å². The molecule has 0 radical (unpaired) electrons. The zero-order chi connectivity index (χ0) is 19.5. The fourth-order valence-corrected chi connectivity index (χ4v) is 4.27. The highest BCUT2D eigenvalue weighted by molar-refractivity contribution is 7.18. The van der Waals surface area contributed by atoms with Crippen molar-refractivity contribution >= 4 is 45.4 Å². The zero-order valence-corrected chi connectivity index (χ0v) is 17.2. The fraction of sp³-hybridized carbons (Fsp3) is 0.0476. The van der Waals surface area contributed by atoms with Gasteiger partial charge in [0.15, 0.2) is 0 Å². The Morgan fingerprint density at radius 1 is 0.964 bits per heavy atom. The molecule has 1 N–H and O–H groups in total. The quantitative estimate of drug-likeness (QED) is 0.387. The molecule has 3 aromatic carbocycles. The molecule has 4 aromatic rings. The van der Waals surface area contributed by atoms with Gasteiger partial charge in [-0.3, -0.25) is 0 Å². The average molecular weight is 429 g/mol. The van der Waals surface area contributed by atoms with Gasteiger partial charge in [0, 0.05) is 27.9 Å². The van der Waals surface area contributed by atoms with Crippen LogP contribution in [0.25, 0.3) is 16.3 Å². The van der Waals surface area contributed by atoms with Gasteiger partial charge >= 0.3 is 5.01 Å². The van der Waals surface area contributed by atoms with Crippen molar-refractivity contribution in [1.29, 1.82) is 0 Å². The molecular formula is C21H16Cl2N3OS+. The molecule has 140 valence electrons. The molecule has 0 amide bonds. The first-order valence-corrected chi connectivity index (χ1v) is 10.1. The van der Waals surface area contributed by atoms with Crippen molar-refractivity contribution in [2.24, 2.45) is 0 Å². The van der Waals surface area contributed by atoms with E-state index in [2.05, 4.69) is 5.32 Å². The Kier molecular flexibility index (Phi) is 5.48. The smallest absolute Gasteiger partial charge is 0.306 e. The number of anilines is 2. The molecule has 0 fully saturated rings. The van der Waals surface area contributed by atoms with Crippen molar-refractivity contribution in [2.75, 3.05) is 12.4 Å². The highest BCUT2D eigenvalue weighted by atomic mass is 35.5. The average Bonchev–Trinajstić information content (AvgIpc) is 3.12. The van der Waals surface area contributed by atoms with E-state index in [1.165, 1.54) is 11.3 Å². The molecule has 0 saturated carbocycles. The van der Waals surface area contributed by atoms with E-state index in [0.29, 0.717) is 10.0 Å². The van der Waals surface area contributed by atoms with E-state index in [1.54, 1.807) is 13.2 Å². The SMILES string of the molecule is COc1ccc(Nc2n[n+](-c3ccccc3)c(-c3ccc(Cl)cc3Cl)s2)cc1. The number of rotatable bonds is 5. The Bertz CT molecular complexity index is 1100. The maximum Gasteiger partial charge on any atom is 0.306 e. The minimum Gasteiger partial charge on any atom is -0.497 e. The summed E-state index contributed by atoms with van der Waals surface area (Å²) in [6, 6.07) is 23.1. The van der Waals surface area contributed by atoms with Gasteiger partial charge < -0.3 is 10.1 Å². The predicted molar refractivity (Wildman–Crippen MR) is 115 cm³/mol. The summed E-state index contributed by atoms with van der Waals surface area (Å²) in [5.74, 6) is 0.803. The number of nitrogens with one attached hydrogen (secondary N) is 1. The molecule has 7 heteroatoms. The van der Waals surface area contributed by atoms with Crippen LogP contribution in [0.5, 0.6) is 5.75 Å². The van der Waals surface area contributed by atoms with Crippen LogP contribution >= 0.6 is 34.5 Å². The van der Waals surface area contributed by atoms with Crippen molar-refractivity contribution in [1.82, 2.24) is 5.10 Å². The number of methoxy groups -OCH3 is 1. The third-order valence-electron chi connectivity index (χ3n) is 4.08. The number of hydrogen-bond donors (Lipinski definition) is 1. The minimum absolute atomic E-state index is 0.580. The number of ether oxygens (including phenoxy) is 1. The van der Waals surface area contributed by atoms with E-state index in [-0.39, 0.29) is 0 Å². The van der Waals surface area contributed by atoms with E-state index in [4.69, 9.17) is 33.0 Å². The summed E-state index contributed by atoms with van der Waals surface area (Å²) in [7, 11) is 1.65. The van der Waals surface area contributed by atoms with Gasteiger partial charge in [-0.25, -0.2) is 0 Å². The number of aromatic nitrogens is 2. The van der Waals surface area contributed by atoms with Crippen LogP contribution in [0, 0.1) is 0 Å². The van der Waals surface area contributed by atoms with Crippen molar-refractivity contribution < 1.29 is 9.42 Å². The number of halogens is 2. The number of benzene rings is 3. The molecule has 4 nitrogen and oxygen atoms in total. The first-order chi connectivity index (χ1) is 13.6. The molecular weight excluding hydrogens is 413 g/mol. The van der Waals surface area contributed by atoms with Gasteiger partial charge in [0.25, 0.3) is 5.13 Å². The maximum absolute atomic E-state index is 6.47. The largest absolute Gasteiger partial charge is 0.497 e. The predicted octanol–water partition coefficient (Wildman–Crippen LogP) is 6.15. The lowest BCUT2D eigenvalue weighted by Gasteiger charge is -2.02. The summed E-state index contributed by atoms with van der Waals surface area (Å²) in [6.45, 7) is 0. The fourth-order valence-electron chi connectivity index (χ4n) is 2.72.